The lowest BCUT2D eigenvalue weighted by Crippen LogP contribution is -2.39. The molecule has 2 rings (SSSR count). The fourth-order valence-corrected chi connectivity index (χ4v) is 2.35. The van der Waals surface area contributed by atoms with Gasteiger partial charge < -0.3 is 16.0 Å². The third-order valence-electron chi connectivity index (χ3n) is 3.93. The lowest BCUT2D eigenvalue weighted by Gasteiger charge is -2.18. The van der Waals surface area contributed by atoms with E-state index in [0.29, 0.717) is 13.0 Å². The van der Waals surface area contributed by atoms with Gasteiger partial charge in [-0.25, -0.2) is 0 Å². The largest absolute Gasteiger partial charge is 0.347 e. The van der Waals surface area contributed by atoms with Gasteiger partial charge in [-0.15, -0.1) is 0 Å². The van der Waals surface area contributed by atoms with E-state index in [1.54, 1.807) is 18.1 Å². The summed E-state index contributed by atoms with van der Waals surface area (Å²) in [5.41, 5.74) is 7.84. The van der Waals surface area contributed by atoms with Crippen molar-refractivity contribution in [3.8, 4) is 0 Å². The summed E-state index contributed by atoms with van der Waals surface area (Å²) in [7, 11) is 1.72. The molecule has 0 aliphatic carbocycles. The Hall–Kier alpha value is -2.73. The molecule has 132 valence electrons. The lowest BCUT2D eigenvalue weighted by molar-refractivity contribution is -0.131. The monoisotopic (exact) mass is 340 g/mol. The molecule has 25 heavy (non-hydrogen) atoms. The van der Waals surface area contributed by atoms with Crippen LogP contribution in [0.4, 0.5) is 0 Å². The van der Waals surface area contributed by atoms with Gasteiger partial charge in [-0.3, -0.25) is 14.6 Å². The standard InChI is InChI=1S/C19H24N4O2/c1-23(12-10-16-9-5-6-11-21-16)19(25)14-22-18(24)13-17(20)15-7-3-2-4-8-15/h2-9,11,17H,10,12-14,20H2,1H3,(H,22,24). The first-order chi connectivity index (χ1) is 12.1. The van der Waals surface area contributed by atoms with E-state index in [1.807, 2.05) is 48.5 Å². The van der Waals surface area contributed by atoms with E-state index >= 15 is 0 Å². The van der Waals surface area contributed by atoms with Gasteiger partial charge in [0.1, 0.15) is 0 Å². The molecule has 6 heteroatoms. The van der Waals surface area contributed by atoms with Crippen LogP contribution in [0, 0.1) is 0 Å². The van der Waals surface area contributed by atoms with E-state index in [9.17, 15) is 9.59 Å². The molecular formula is C19H24N4O2. The molecule has 0 aliphatic heterocycles. The number of nitrogens with zero attached hydrogens (tertiary/aromatic N) is 2. The number of nitrogens with two attached hydrogens (primary N) is 1. The zero-order valence-electron chi connectivity index (χ0n) is 14.4. The summed E-state index contributed by atoms with van der Waals surface area (Å²) in [4.78, 5) is 29.9. The molecule has 0 fully saturated rings. The number of amides is 2. The van der Waals surface area contributed by atoms with E-state index in [-0.39, 0.29) is 30.8 Å². The highest BCUT2D eigenvalue weighted by atomic mass is 16.2. The maximum Gasteiger partial charge on any atom is 0.241 e. The van der Waals surface area contributed by atoms with E-state index in [4.69, 9.17) is 5.73 Å². The molecule has 0 bridgehead atoms. The van der Waals surface area contributed by atoms with Gasteiger partial charge in [0.2, 0.25) is 11.8 Å². The number of nitrogens with one attached hydrogen (secondary N) is 1. The van der Waals surface area contributed by atoms with E-state index in [0.717, 1.165) is 11.3 Å². The van der Waals surface area contributed by atoms with Crippen molar-refractivity contribution in [2.24, 2.45) is 5.73 Å². The minimum atomic E-state index is -0.377. The number of carbonyl (C=O) groups is 2. The summed E-state index contributed by atoms with van der Waals surface area (Å²) >= 11 is 0. The number of carbonyl (C=O) groups excluding carboxylic acids is 2. The Labute approximate surface area is 148 Å². The van der Waals surface area contributed by atoms with E-state index < -0.39 is 0 Å². The first kappa shape index (κ1) is 18.6. The van der Waals surface area contributed by atoms with E-state index in [2.05, 4.69) is 10.3 Å². The molecule has 0 saturated heterocycles. The Balaban J connectivity index is 1.70. The molecule has 0 saturated carbocycles. The lowest BCUT2D eigenvalue weighted by atomic mass is 10.0. The fraction of sp³-hybridized carbons (Fsp3) is 0.316. The van der Waals surface area contributed by atoms with Crippen LogP contribution < -0.4 is 11.1 Å². The number of likely N-dealkylation sites (N-methyl/N-ethyl adjacent to an activating group) is 1. The van der Waals surface area contributed by atoms with Crippen molar-refractivity contribution in [2.45, 2.75) is 18.9 Å². The maximum absolute atomic E-state index is 12.1. The topological polar surface area (TPSA) is 88.3 Å². The second-order valence-corrected chi connectivity index (χ2v) is 5.88. The summed E-state index contributed by atoms with van der Waals surface area (Å²) in [5.74, 6) is -0.375. The van der Waals surface area contributed by atoms with Crippen LogP contribution in [0.25, 0.3) is 0 Å². The fourth-order valence-electron chi connectivity index (χ4n) is 2.35. The molecule has 1 heterocycles. The normalized spacial score (nSPS) is 11.6. The van der Waals surface area contributed by atoms with Crippen LogP contribution in [0.2, 0.25) is 0 Å². The molecule has 1 aromatic carbocycles. The van der Waals surface area contributed by atoms with Gasteiger partial charge in [-0.1, -0.05) is 36.4 Å². The molecule has 6 nitrogen and oxygen atoms in total. The third-order valence-corrected chi connectivity index (χ3v) is 3.93. The first-order valence-electron chi connectivity index (χ1n) is 8.27. The summed E-state index contributed by atoms with van der Waals surface area (Å²) in [6.45, 7) is 0.522. The Morgan fingerprint density at radius 2 is 1.88 bits per heavy atom. The Kier molecular flexibility index (Phi) is 7.10. The van der Waals surface area contributed by atoms with Crippen LogP contribution in [-0.4, -0.2) is 41.8 Å². The predicted molar refractivity (Wildman–Crippen MR) is 96.6 cm³/mol. The van der Waals surface area contributed by atoms with Gasteiger partial charge in [-0.05, 0) is 17.7 Å². The number of rotatable bonds is 8. The summed E-state index contributed by atoms with van der Waals surface area (Å²) in [6, 6.07) is 14.7. The summed E-state index contributed by atoms with van der Waals surface area (Å²) < 4.78 is 0. The van der Waals surface area contributed by atoms with Gasteiger partial charge >= 0.3 is 0 Å². The maximum atomic E-state index is 12.1. The number of benzene rings is 1. The Morgan fingerprint density at radius 3 is 2.56 bits per heavy atom. The highest BCUT2D eigenvalue weighted by molar-refractivity contribution is 5.84. The van der Waals surface area contributed by atoms with Crippen molar-refractivity contribution >= 4 is 11.8 Å². The molecule has 3 N–H and O–H groups in total. The average molecular weight is 340 g/mol. The second kappa shape index (κ2) is 9.54. The Morgan fingerprint density at radius 1 is 1.16 bits per heavy atom. The van der Waals surface area contributed by atoms with Crippen molar-refractivity contribution in [1.29, 1.82) is 0 Å². The van der Waals surface area contributed by atoms with Crippen molar-refractivity contribution in [2.75, 3.05) is 20.1 Å². The summed E-state index contributed by atoms with van der Waals surface area (Å²) in [6.07, 6.45) is 2.55. The highest BCUT2D eigenvalue weighted by Gasteiger charge is 2.14. The van der Waals surface area contributed by atoms with Crippen molar-refractivity contribution in [3.63, 3.8) is 0 Å². The molecule has 0 radical (unpaired) electrons. The average Bonchev–Trinajstić information content (AvgIpc) is 2.65. The summed E-state index contributed by atoms with van der Waals surface area (Å²) in [5, 5.41) is 2.64. The van der Waals surface area contributed by atoms with Gasteiger partial charge in [0.15, 0.2) is 0 Å². The molecule has 0 aliphatic rings. The van der Waals surface area contributed by atoms with Crippen molar-refractivity contribution < 1.29 is 9.59 Å². The molecule has 1 atom stereocenters. The van der Waals surface area contributed by atoms with Crippen LogP contribution in [0.1, 0.15) is 23.7 Å². The van der Waals surface area contributed by atoms with Crippen LogP contribution in [0.3, 0.4) is 0 Å². The van der Waals surface area contributed by atoms with Crippen molar-refractivity contribution in [1.82, 2.24) is 15.2 Å². The van der Waals surface area contributed by atoms with Crippen molar-refractivity contribution in [3.05, 3.63) is 66.0 Å². The van der Waals surface area contributed by atoms with Crippen LogP contribution in [0.15, 0.2) is 54.7 Å². The van der Waals surface area contributed by atoms with Gasteiger partial charge in [-0.2, -0.15) is 0 Å². The zero-order valence-corrected chi connectivity index (χ0v) is 14.4. The molecule has 2 aromatic rings. The minimum Gasteiger partial charge on any atom is -0.347 e. The quantitative estimate of drug-likeness (QED) is 0.758. The smallest absolute Gasteiger partial charge is 0.241 e. The molecular weight excluding hydrogens is 316 g/mol. The van der Waals surface area contributed by atoms with Crippen LogP contribution in [-0.2, 0) is 16.0 Å². The highest BCUT2D eigenvalue weighted by Crippen LogP contribution is 2.12. The third kappa shape index (κ3) is 6.35. The predicted octanol–water partition coefficient (Wildman–Crippen LogP) is 1.29. The SMILES string of the molecule is CN(CCc1ccccn1)C(=O)CNC(=O)CC(N)c1ccccc1. The molecule has 2 amide bonds. The van der Waals surface area contributed by atoms with Gasteiger partial charge in [0, 0.05) is 44.4 Å². The van der Waals surface area contributed by atoms with Gasteiger partial charge in [0.05, 0.1) is 6.54 Å². The number of aromatic nitrogens is 1. The molecule has 1 unspecified atom stereocenters. The number of hydrogen-bond donors (Lipinski definition) is 2. The van der Waals surface area contributed by atoms with Crippen LogP contribution >= 0.6 is 0 Å². The minimum absolute atomic E-state index is 0.0287. The molecule has 1 aromatic heterocycles. The Bertz CT molecular complexity index is 676. The van der Waals surface area contributed by atoms with Crippen LogP contribution in [0.5, 0.6) is 0 Å². The van der Waals surface area contributed by atoms with E-state index in [1.165, 1.54) is 0 Å². The zero-order chi connectivity index (χ0) is 18.1. The molecule has 0 spiro atoms. The van der Waals surface area contributed by atoms with Gasteiger partial charge in [0.25, 0.3) is 0 Å². The number of pyridine rings is 1. The second-order valence-electron chi connectivity index (χ2n) is 5.88. The number of hydrogen-bond acceptors (Lipinski definition) is 4. The first-order valence-corrected chi connectivity index (χ1v) is 8.27.